The summed E-state index contributed by atoms with van der Waals surface area (Å²) in [5.41, 5.74) is 2.59. The van der Waals surface area contributed by atoms with E-state index in [4.69, 9.17) is 11.2 Å². The van der Waals surface area contributed by atoms with Gasteiger partial charge in [0, 0.05) is 6.42 Å². The van der Waals surface area contributed by atoms with E-state index in [0.717, 1.165) is 25.2 Å². The molecular weight excluding hydrogens is 220 g/mol. The molecule has 18 heavy (non-hydrogen) atoms. The van der Waals surface area contributed by atoms with Gasteiger partial charge in [-0.05, 0) is 35.4 Å². The first-order valence-corrected chi connectivity index (χ1v) is 6.80. The normalized spacial score (nSPS) is 12.2. The maximum Gasteiger partial charge on any atom is 0.122 e. The van der Waals surface area contributed by atoms with Crippen molar-refractivity contribution in [2.45, 2.75) is 52.4 Å². The second kappa shape index (κ2) is 7.11. The number of ether oxygens (including phenoxy) is 1. The van der Waals surface area contributed by atoms with E-state index in [1.54, 1.807) is 0 Å². The summed E-state index contributed by atoms with van der Waals surface area (Å²) in [6, 6.07) is 6.48. The van der Waals surface area contributed by atoms with E-state index in [0.29, 0.717) is 11.8 Å². The van der Waals surface area contributed by atoms with Gasteiger partial charge in [0.2, 0.25) is 0 Å². The number of hydrogen-bond donors (Lipinski definition) is 0. The van der Waals surface area contributed by atoms with Gasteiger partial charge in [-0.3, -0.25) is 0 Å². The molecule has 1 unspecified atom stereocenters. The first-order valence-electron chi connectivity index (χ1n) is 6.80. The lowest BCUT2D eigenvalue weighted by atomic mass is 9.92. The molecule has 98 valence electrons. The molecular formula is C17H24O. The van der Waals surface area contributed by atoms with Crippen LogP contribution in [0.25, 0.3) is 0 Å². The van der Waals surface area contributed by atoms with Crippen molar-refractivity contribution < 1.29 is 4.74 Å². The molecule has 1 aromatic rings. The molecule has 0 N–H and O–H groups in total. The third-order valence-electron chi connectivity index (χ3n) is 3.11. The minimum atomic E-state index is 0.410. The van der Waals surface area contributed by atoms with Gasteiger partial charge in [0.05, 0.1) is 6.61 Å². The first-order chi connectivity index (χ1) is 8.60. The highest BCUT2D eigenvalue weighted by molar-refractivity contribution is 5.40. The molecule has 0 aliphatic heterocycles. The smallest absolute Gasteiger partial charge is 0.122 e. The summed E-state index contributed by atoms with van der Waals surface area (Å²) in [4.78, 5) is 0. The Morgan fingerprint density at radius 3 is 2.56 bits per heavy atom. The number of terminal acetylenes is 1. The Morgan fingerprint density at radius 1 is 1.28 bits per heavy atom. The van der Waals surface area contributed by atoms with Crippen molar-refractivity contribution in [3.05, 3.63) is 29.3 Å². The second-order valence-corrected chi connectivity index (χ2v) is 5.11. The highest BCUT2D eigenvalue weighted by atomic mass is 16.5. The van der Waals surface area contributed by atoms with E-state index in [1.165, 1.54) is 11.1 Å². The van der Waals surface area contributed by atoms with E-state index in [-0.39, 0.29) is 0 Å². The van der Waals surface area contributed by atoms with Crippen molar-refractivity contribution in [3.63, 3.8) is 0 Å². The molecule has 1 aromatic carbocycles. The molecule has 0 fully saturated rings. The lowest BCUT2D eigenvalue weighted by Gasteiger charge is -2.17. The minimum absolute atomic E-state index is 0.410. The molecule has 0 saturated heterocycles. The molecule has 0 heterocycles. The van der Waals surface area contributed by atoms with E-state index in [1.807, 2.05) is 0 Å². The molecule has 1 nitrogen and oxygen atoms in total. The predicted octanol–water partition coefficient (Wildman–Crippen LogP) is 4.73. The molecule has 0 bridgehead atoms. The Morgan fingerprint density at radius 2 is 2.00 bits per heavy atom. The van der Waals surface area contributed by atoms with E-state index >= 15 is 0 Å². The molecule has 1 atom stereocenters. The molecule has 0 spiro atoms. The average Bonchev–Trinajstić information content (AvgIpc) is 2.36. The van der Waals surface area contributed by atoms with Crippen LogP contribution in [0.2, 0.25) is 0 Å². The van der Waals surface area contributed by atoms with Crippen LogP contribution in [0.4, 0.5) is 0 Å². The Labute approximate surface area is 112 Å². The van der Waals surface area contributed by atoms with Gasteiger partial charge < -0.3 is 4.74 Å². The van der Waals surface area contributed by atoms with Crippen molar-refractivity contribution >= 4 is 0 Å². The van der Waals surface area contributed by atoms with E-state index in [2.05, 4.69) is 51.8 Å². The molecule has 0 aliphatic carbocycles. The Balaban J connectivity index is 2.99. The van der Waals surface area contributed by atoms with Crippen LogP contribution in [-0.2, 0) is 0 Å². The van der Waals surface area contributed by atoms with E-state index < -0.39 is 0 Å². The van der Waals surface area contributed by atoms with Crippen LogP contribution in [-0.4, -0.2) is 6.61 Å². The van der Waals surface area contributed by atoms with Crippen molar-refractivity contribution in [2.24, 2.45) is 0 Å². The summed E-state index contributed by atoms with van der Waals surface area (Å²) in [6.45, 7) is 9.47. The van der Waals surface area contributed by atoms with Crippen LogP contribution < -0.4 is 4.74 Å². The van der Waals surface area contributed by atoms with Gasteiger partial charge in [-0.25, -0.2) is 0 Å². The average molecular weight is 244 g/mol. The van der Waals surface area contributed by atoms with Crippen molar-refractivity contribution in [1.82, 2.24) is 0 Å². The summed E-state index contributed by atoms with van der Waals surface area (Å²) >= 11 is 0. The molecule has 0 radical (unpaired) electrons. The largest absolute Gasteiger partial charge is 0.493 e. The topological polar surface area (TPSA) is 9.23 Å². The van der Waals surface area contributed by atoms with Crippen molar-refractivity contribution in [1.29, 1.82) is 0 Å². The predicted molar refractivity (Wildman–Crippen MR) is 78.2 cm³/mol. The fourth-order valence-electron chi connectivity index (χ4n) is 1.96. The summed E-state index contributed by atoms with van der Waals surface area (Å²) in [5.74, 6) is 4.63. The standard InChI is InChI=1S/C17H24O/c1-6-8-14(5)15-9-10-17(18-11-7-2)16(12-15)13(3)4/h1,9-10,12-14H,7-8,11H2,2-5H3. The lowest BCUT2D eigenvalue weighted by molar-refractivity contribution is 0.313. The van der Waals surface area contributed by atoms with Crippen molar-refractivity contribution in [3.8, 4) is 18.1 Å². The summed E-state index contributed by atoms with van der Waals surface area (Å²) in [5, 5.41) is 0. The maximum absolute atomic E-state index is 5.80. The molecule has 0 aliphatic rings. The van der Waals surface area contributed by atoms with Crippen LogP contribution in [0.5, 0.6) is 5.75 Å². The molecule has 0 aromatic heterocycles. The highest BCUT2D eigenvalue weighted by Gasteiger charge is 2.12. The summed E-state index contributed by atoms with van der Waals surface area (Å²) in [7, 11) is 0. The van der Waals surface area contributed by atoms with E-state index in [9.17, 15) is 0 Å². The van der Waals surface area contributed by atoms with Gasteiger partial charge >= 0.3 is 0 Å². The zero-order valence-corrected chi connectivity index (χ0v) is 12.0. The first kappa shape index (κ1) is 14.6. The monoisotopic (exact) mass is 244 g/mol. The molecule has 1 heteroatoms. The molecule has 0 saturated carbocycles. The quantitative estimate of drug-likeness (QED) is 0.658. The van der Waals surface area contributed by atoms with Crippen LogP contribution in [0.3, 0.4) is 0 Å². The number of rotatable bonds is 6. The van der Waals surface area contributed by atoms with Gasteiger partial charge in [-0.2, -0.15) is 0 Å². The lowest BCUT2D eigenvalue weighted by Crippen LogP contribution is -2.02. The Bertz CT molecular complexity index is 412. The number of benzene rings is 1. The van der Waals surface area contributed by atoms with Gasteiger partial charge in [0.1, 0.15) is 5.75 Å². The Kier molecular flexibility index (Phi) is 5.78. The maximum atomic E-state index is 5.80. The van der Waals surface area contributed by atoms with Gasteiger partial charge in [0.15, 0.2) is 0 Å². The fourth-order valence-corrected chi connectivity index (χ4v) is 1.96. The van der Waals surface area contributed by atoms with Crippen LogP contribution in [0.15, 0.2) is 18.2 Å². The van der Waals surface area contributed by atoms with Gasteiger partial charge in [-0.1, -0.05) is 39.8 Å². The fraction of sp³-hybridized carbons (Fsp3) is 0.529. The van der Waals surface area contributed by atoms with Gasteiger partial charge in [-0.15, -0.1) is 12.3 Å². The highest BCUT2D eigenvalue weighted by Crippen LogP contribution is 2.31. The molecule has 1 rings (SSSR count). The van der Waals surface area contributed by atoms with Crippen LogP contribution in [0, 0.1) is 12.3 Å². The van der Waals surface area contributed by atoms with Crippen LogP contribution in [0.1, 0.15) is 63.5 Å². The van der Waals surface area contributed by atoms with Crippen molar-refractivity contribution in [2.75, 3.05) is 6.61 Å². The summed E-state index contributed by atoms with van der Waals surface area (Å²) < 4.78 is 5.80. The number of hydrogen-bond acceptors (Lipinski definition) is 1. The zero-order chi connectivity index (χ0) is 13.5. The minimum Gasteiger partial charge on any atom is -0.493 e. The third-order valence-corrected chi connectivity index (χ3v) is 3.11. The van der Waals surface area contributed by atoms with Gasteiger partial charge in [0.25, 0.3) is 0 Å². The Hall–Kier alpha value is -1.42. The SMILES string of the molecule is C#CCC(C)c1ccc(OCCC)c(C(C)C)c1. The third kappa shape index (κ3) is 3.81. The van der Waals surface area contributed by atoms with Crippen LogP contribution >= 0.6 is 0 Å². The zero-order valence-electron chi connectivity index (χ0n) is 12.0. The summed E-state index contributed by atoms with van der Waals surface area (Å²) in [6.07, 6.45) is 7.20. The second-order valence-electron chi connectivity index (χ2n) is 5.11. The molecule has 0 amide bonds.